The van der Waals surface area contributed by atoms with Crippen molar-refractivity contribution in [3.63, 3.8) is 0 Å². The molecule has 162 valence electrons. The molecule has 5 nitrogen and oxygen atoms in total. The van der Waals surface area contributed by atoms with Gasteiger partial charge in [-0.25, -0.2) is 0 Å². The van der Waals surface area contributed by atoms with E-state index in [1.54, 1.807) is 18.2 Å². The molecule has 0 aliphatic heterocycles. The van der Waals surface area contributed by atoms with Gasteiger partial charge in [-0.2, -0.15) is 0 Å². The van der Waals surface area contributed by atoms with Gasteiger partial charge in [0.1, 0.15) is 17.1 Å². The zero-order valence-corrected chi connectivity index (χ0v) is 19.5. The summed E-state index contributed by atoms with van der Waals surface area (Å²) >= 11 is 0. The molecule has 0 heterocycles. The van der Waals surface area contributed by atoms with Crippen LogP contribution in [0.5, 0.6) is 11.5 Å². The molecular formula is C24H31O5P. The highest BCUT2D eigenvalue weighted by Crippen LogP contribution is 2.56. The summed E-state index contributed by atoms with van der Waals surface area (Å²) in [6.07, 6.45) is 1.22. The second kappa shape index (κ2) is 10.1. The predicted octanol–water partition coefficient (Wildman–Crippen LogP) is 5.83. The van der Waals surface area contributed by atoms with Crippen molar-refractivity contribution in [3.05, 3.63) is 58.7 Å². The fourth-order valence-electron chi connectivity index (χ4n) is 3.71. The quantitative estimate of drug-likeness (QED) is 0.444. The van der Waals surface area contributed by atoms with Crippen LogP contribution in [-0.2, 0) is 17.4 Å². The summed E-state index contributed by atoms with van der Waals surface area (Å²) in [6, 6.07) is 10.5. The Bertz CT molecular complexity index is 862. The van der Waals surface area contributed by atoms with Crippen LogP contribution in [0, 0.1) is 5.92 Å². The van der Waals surface area contributed by atoms with E-state index in [0.29, 0.717) is 18.4 Å². The molecule has 0 radical (unpaired) electrons. The Kier molecular flexibility index (Phi) is 8.03. The third kappa shape index (κ3) is 4.52. The van der Waals surface area contributed by atoms with E-state index in [4.69, 9.17) is 9.47 Å². The molecule has 0 aromatic heterocycles. The number of benzene rings is 2. The number of rotatable bonds is 10. The maximum absolute atomic E-state index is 14.3. The van der Waals surface area contributed by atoms with Crippen LogP contribution in [0.25, 0.3) is 0 Å². The second-order valence-corrected chi connectivity index (χ2v) is 10.3. The largest absolute Gasteiger partial charge is 0.496 e. The highest BCUT2D eigenvalue weighted by molar-refractivity contribution is 7.95. The first-order valence-corrected chi connectivity index (χ1v) is 12.1. The van der Waals surface area contributed by atoms with Gasteiger partial charge in [0.05, 0.1) is 14.2 Å². The molecule has 2 aromatic rings. The summed E-state index contributed by atoms with van der Waals surface area (Å²) in [7, 11) is -1.13. The van der Waals surface area contributed by atoms with E-state index in [2.05, 4.69) is 0 Å². The highest BCUT2D eigenvalue weighted by Gasteiger charge is 2.44. The monoisotopic (exact) mass is 430 g/mol. The zero-order valence-electron chi connectivity index (χ0n) is 18.7. The van der Waals surface area contributed by atoms with Crippen molar-refractivity contribution in [1.82, 2.24) is 0 Å². The molecule has 0 aliphatic rings. The molecule has 2 rings (SSSR count). The standard InChI is InChI=1S/C24H31O5P/c1-7-17-11-9-12-18(8-2)21(17)23(25)30(27,15-16(3)4)24(26)22-19(28-5)13-10-14-20(22)29-6/h9-14,16H,7-8,15H2,1-6H3. The Morgan fingerprint density at radius 3 is 1.67 bits per heavy atom. The van der Waals surface area contributed by atoms with Crippen LogP contribution in [0.3, 0.4) is 0 Å². The maximum Gasteiger partial charge on any atom is 0.236 e. The van der Waals surface area contributed by atoms with E-state index in [9.17, 15) is 14.2 Å². The molecule has 1 atom stereocenters. The molecule has 0 amide bonds. The van der Waals surface area contributed by atoms with Crippen molar-refractivity contribution in [2.24, 2.45) is 5.92 Å². The fraction of sp³-hybridized carbons (Fsp3) is 0.417. The summed E-state index contributed by atoms with van der Waals surface area (Å²) in [5, 5.41) is 0. The van der Waals surface area contributed by atoms with Crippen molar-refractivity contribution in [3.8, 4) is 11.5 Å². The van der Waals surface area contributed by atoms with Gasteiger partial charge in [-0.3, -0.25) is 9.59 Å². The molecule has 0 spiro atoms. The van der Waals surface area contributed by atoms with Gasteiger partial charge in [0.15, 0.2) is 0 Å². The number of carbonyl (C=O) groups excluding carboxylic acids is 2. The molecule has 30 heavy (non-hydrogen) atoms. The summed E-state index contributed by atoms with van der Waals surface area (Å²) in [4.78, 5) is 27.5. The number of carbonyl (C=O) groups is 2. The number of ether oxygens (including phenoxy) is 2. The van der Waals surface area contributed by atoms with E-state index >= 15 is 0 Å². The van der Waals surface area contributed by atoms with Gasteiger partial charge in [0.25, 0.3) is 0 Å². The summed E-state index contributed by atoms with van der Waals surface area (Å²) in [5.74, 6) is 0.384. The average Bonchev–Trinajstić information content (AvgIpc) is 2.75. The number of hydrogen-bond donors (Lipinski definition) is 0. The van der Waals surface area contributed by atoms with Crippen LogP contribution < -0.4 is 9.47 Å². The summed E-state index contributed by atoms with van der Waals surface area (Å²) < 4.78 is 25.0. The first-order valence-electron chi connectivity index (χ1n) is 10.3. The number of hydrogen-bond acceptors (Lipinski definition) is 5. The predicted molar refractivity (Wildman–Crippen MR) is 121 cm³/mol. The van der Waals surface area contributed by atoms with E-state index < -0.39 is 18.2 Å². The smallest absolute Gasteiger partial charge is 0.236 e. The highest BCUT2D eigenvalue weighted by atomic mass is 31.2. The molecule has 0 N–H and O–H groups in total. The first-order chi connectivity index (χ1) is 14.2. The van der Waals surface area contributed by atoms with Crippen LogP contribution in [0.2, 0.25) is 0 Å². The molecule has 0 saturated carbocycles. The molecule has 2 aromatic carbocycles. The molecule has 0 fully saturated rings. The summed E-state index contributed by atoms with van der Waals surface area (Å²) in [6.45, 7) is 7.62. The summed E-state index contributed by atoms with van der Waals surface area (Å²) in [5.41, 5.74) is 0.832. The lowest BCUT2D eigenvalue weighted by Gasteiger charge is -2.22. The van der Waals surface area contributed by atoms with E-state index in [1.165, 1.54) is 14.2 Å². The van der Waals surface area contributed by atoms with Gasteiger partial charge in [-0.1, -0.05) is 52.0 Å². The maximum atomic E-state index is 14.3. The van der Waals surface area contributed by atoms with Crippen molar-refractivity contribution < 1.29 is 23.6 Å². The lowest BCUT2D eigenvalue weighted by molar-refractivity contribution is 0.103. The molecule has 0 aliphatic carbocycles. The van der Waals surface area contributed by atoms with Gasteiger partial charge in [-0.15, -0.1) is 0 Å². The second-order valence-electron chi connectivity index (χ2n) is 7.62. The van der Waals surface area contributed by atoms with Crippen molar-refractivity contribution >= 4 is 18.2 Å². The number of aryl methyl sites for hydroxylation is 2. The number of methoxy groups -OCH3 is 2. The van der Waals surface area contributed by atoms with Crippen LogP contribution in [-0.4, -0.2) is 31.4 Å². The van der Waals surface area contributed by atoms with Gasteiger partial charge in [0, 0.05) is 11.7 Å². The Balaban J connectivity index is 2.76. The lowest BCUT2D eigenvalue weighted by Crippen LogP contribution is -2.19. The van der Waals surface area contributed by atoms with E-state index in [0.717, 1.165) is 11.1 Å². The van der Waals surface area contributed by atoms with Crippen molar-refractivity contribution in [2.45, 2.75) is 40.5 Å². The SMILES string of the molecule is CCc1cccc(CC)c1C(=O)P(=O)(CC(C)C)C(=O)c1c(OC)cccc1OC. The third-order valence-corrected chi connectivity index (χ3v) is 8.14. The van der Waals surface area contributed by atoms with Crippen LogP contribution in [0.1, 0.15) is 59.5 Å². The molecule has 0 bridgehead atoms. The van der Waals surface area contributed by atoms with Gasteiger partial charge >= 0.3 is 0 Å². The zero-order chi connectivity index (χ0) is 22.5. The van der Waals surface area contributed by atoms with Gasteiger partial charge < -0.3 is 14.0 Å². The minimum absolute atomic E-state index is 0.00687. The van der Waals surface area contributed by atoms with Crippen LogP contribution in [0.15, 0.2) is 36.4 Å². The normalized spacial score (nSPS) is 13.0. The minimum atomic E-state index is -4.00. The Hall–Kier alpha value is -2.39. The Labute approximate surface area is 179 Å². The first kappa shape index (κ1) is 23.9. The van der Waals surface area contributed by atoms with Crippen molar-refractivity contribution in [1.29, 1.82) is 0 Å². The van der Waals surface area contributed by atoms with Crippen LogP contribution >= 0.6 is 7.14 Å². The third-order valence-electron chi connectivity index (χ3n) is 5.13. The molecule has 0 saturated heterocycles. The van der Waals surface area contributed by atoms with Gasteiger partial charge in [-0.05, 0) is 42.0 Å². The minimum Gasteiger partial charge on any atom is -0.496 e. The Morgan fingerprint density at radius 1 is 0.833 bits per heavy atom. The Morgan fingerprint density at radius 2 is 1.27 bits per heavy atom. The molecular weight excluding hydrogens is 399 g/mol. The van der Waals surface area contributed by atoms with Gasteiger partial charge in [0.2, 0.25) is 18.2 Å². The topological polar surface area (TPSA) is 69.7 Å². The molecule has 6 heteroatoms. The van der Waals surface area contributed by atoms with E-state index in [-0.39, 0.29) is 29.1 Å². The fourth-order valence-corrected chi connectivity index (χ4v) is 6.49. The lowest BCUT2D eigenvalue weighted by atomic mass is 9.98. The van der Waals surface area contributed by atoms with Crippen LogP contribution in [0.4, 0.5) is 0 Å². The molecule has 1 unspecified atom stereocenters. The van der Waals surface area contributed by atoms with Crippen molar-refractivity contribution in [2.75, 3.05) is 20.4 Å². The average molecular weight is 430 g/mol. The van der Waals surface area contributed by atoms with E-state index in [1.807, 2.05) is 45.9 Å².